The Morgan fingerprint density at radius 3 is 2.89 bits per heavy atom. The number of nitrogens with zero attached hydrogens (tertiary/aromatic N) is 5. The van der Waals surface area contributed by atoms with Crippen molar-refractivity contribution >= 4 is 17.1 Å². The van der Waals surface area contributed by atoms with Gasteiger partial charge < -0.3 is 5.73 Å². The van der Waals surface area contributed by atoms with Crippen LogP contribution in [0.3, 0.4) is 0 Å². The largest absolute Gasteiger partial charge is 0.369 e. The van der Waals surface area contributed by atoms with E-state index in [2.05, 4.69) is 16.2 Å². The molecule has 6 heteroatoms. The smallest absolute Gasteiger partial charge is 0.207 e. The summed E-state index contributed by atoms with van der Waals surface area (Å²) in [5.74, 6) is 0.390. The van der Waals surface area contributed by atoms with Crippen molar-refractivity contribution in [3.63, 3.8) is 0 Å². The molecule has 2 aromatic heterocycles. The number of anilines is 1. The Hall–Kier alpha value is -2.81. The van der Waals surface area contributed by atoms with E-state index in [-0.39, 0.29) is 0 Å². The molecule has 3 rings (SSSR count). The van der Waals surface area contributed by atoms with E-state index in [1.54, 1.807) is 21.4 Å². The normalized spacial score (nSPS) is 10.8. The van der Waals surface area contributed by atoms with Gasteiger partial charge in [0.05, 0.1) is 23.0 Å². The van der Waals surface area contributed by atoms with Crippen molar-refractivity contribution in [2.24, 2.45) is 7.05 Å². The van der Waals surface area contributed by atoms with Crippen LogP contribution in [0.5, 0.6) is 0 Å². The Balaban J connectivity index is 2.36. The van der Waals surface area contributed by atoms with Crippen molar-refractivity contribution in [3.8, 4) is 11.8 Å². The van der Waals surface area contributed by atoms with Crippen LogP contribution in [0.4, 0.5) is 5.95 Å². The van der Waals surface area contributed by atoms with Crippen LogP contribution in [-0.4, -0.2) is 19.3 Å². The van der Waals surface area contributed by atoms with Gasteiger partial charge in [0.2, 0.25) is 5.95 Å². The minimum absolute atomic E-state index is 0.390. The zero-order chi connectivity index (χ0) is 13.6. The molecule has 0 saturated heterocycles. The first kappa shape index (κ1) is 11.3. The minimum Gasteiger partial charge on any atom is -0.369 e. The van der Waals surface area contributed by atoms with Crippen LogP contribution in [0.25, 0.3) is 16.9 Å². The van der Waals surface area contributed by atoms with E-state index in [4.69, 9.17) is 11.0 Å². The molecule has 94 valence electrons. The number of aryl methyl sites for hydroxylation is 2. The second-order valence-electron chi connectivity index (χ2n) is 4.35. The van der Waals surface area contributed by atoms with Gasteiger partial charge in [-0.3, -0.25) is 4.57 Å². The Bertz CT molecular complexity index is 818. The van der Waals surface area contributed by atoms with Crippen LogP contribution in [0.1, 0.15) is 11.3 Å². The summed E-state index contributed by atoms with van der Waals surface area (Å²) in [4.78, 5) is 4.34. The lowest BCUT2D eigenvalue weighted by Crippen LogP contribution is -2.05. The third-order valence-corrected chi connectivity index (χ3v) is 3.06. The number of rotatable bonds is 1. The summed E-state index contributed by atoms with van der Waals surface area (Å²) in [7, 11) is 1.85. The molecule has 0 unspecified atom stereocenters. The summed E-state index contributed by atoms with van der Waals surface area (Å²) in [6.45, 7) is 1.89. The number of imidazole rings is 1. The summed E-state index contributed by atoms with van der Waals surface area (Å²) in [6, 6.07) is 9.36. The number of benzene rings is 1. The van der Waals surface area contributed by atoms with Crippen molar-refractivity contribution in [3.05, 3.63) is 35.5 Å². The topological polar surface area (TPSA) is 85.5 Å². The number of hydrogen-bond acceptors (Lipinski definition) is 4. The predicted octanol–water partition coefficient (Wildman–Crippen LogP) is 1.52. The van der Waals surface area contributed by atoms with Crippen LogP contribution in [-0.2, 0) is 7.05 Å². The number of fused-ring (bicyclic) bond motifs is 1. The third kappa shape index (κ3) is 1.56. The number of aromatic nitrogens is 4. The quantitative estimate of drug-likeness (QED) is 0.711. The Morgan fingerprint density at radius 1 is 1.37 bits per heavy atom. The second kappa shape index (κ2) is 3.85. The average Bonchev–Trinajstić information content (AvgIpc) is 2.88. The Kier molecular flexibility index (Phi) is 2.29. The molecule has 1 aromatic carbocycles. The molecule has 0 atom stereocenters. The molecule has 2 heterocycles. The lowest BCUT2D eigenvalue weighted by molar-refractivity contribution is 0.762. The van der Waals surface area contributed by atoms with Gasteiger partial charge in [0, 0.05) is 7.05 Å². The zero-order valence-corrected chi connectivity index (χ0v) is 10.6. The molecular formula is C13H12N6. The first-order valence-corrected chi connectivity index (χ1v) is 5.80. The minimum atomic E-state index is 0.390. The van der Waals surface area contributed by atoms with E-state index in [0.717, 1.165) is 22.5 Å². The molecule has 0 radical (unpaired) electrons. The van der Waals surface area contributed by atoms with Crippen LogP contribution in [0.2, 0.25) is 0 Å². The van der Waals surface area contributed by atoms with Gasteiger partial charge in [-0.25, -0.2) is 9.67 Å². The number of hydrogen-bond donors (Lipinski definition) is 1. The van der Waals surface area contributed by atoms with Crippen molar-refractivity contribution in [1.82, 2.24) is 19.3 Å². The van der Waals surface area contributed by atoms with Gasteiger partial charge >= 0.3 is 0 Å². The van der Waals surface area contributed by atoms with E-state index >= 15 is 0 Å². The number of nitrogen functional groups attached to an aromatic ring is 1. The van der Waals surface area contributed by atoms with Gasteiger partial charge in [-0.2, -0.15) is 10.4 Å². The third-order valence-electron chi connectivity index (χ3n) is 3.06. The lowest BCUT2D eigenvalue weighted by atomic mass is 10.2. The van der Waals surface area contributed by atoms with Crippen molar-refractivity contribution in [2.75, 3.05) is 5.73 Å². The molecule has 0 aliphatic carbocycles. The number of nitriles is 1. The molecule has 0 amide bonds. The van der Waals surface area contributed by atoms with E-state index < -0.39 is 0 Å². The van der Waals surface area contributed by atoms with Gasteiger partial charge in [0.25, 0.3) is 0 Å². The molecule has 6 nitrogen and oxygen atoms in total. The summed E-state index contributed by atoms with van der Waals surface area (Å²) in [5, 5.41) is 13.3. The van der Waals surface area contributed by atoms with Gasteiger partial charge in [0.1, 0.15) is 5.52 Å². The van der Waals surface area contributed by atoms with Crippen molar-refractivity contribution < 1.29 is 0 Å². The molecular weight excluding hydrogens is 240 g/mol. The molecule has 0 aliphatic heterocycles. The maximum absolute atomic E-state index is 8.98. The highest BCUT2D eigenvalue weighted by Crippen LogP contribution is 2.24. The average molecular weight is 252 g/mol. The van der Waals surface area contributed by atoms with Crippen molar-refractivity contribution in [2.45, 2.75) is 6.92 Å². The Labute approximate surface area is 109 Å². The SMILES string of the molecule is Cc1nn(C)c2c1nc(N)n2-c1cccc(C#N)c1. The monoisotopic (exact) mass is 252 g/mol. The maximum atomic E-state index is 8.98. The predicted molar refractivity (Wildman–Crippen MR) is 71.7 cm³/mol. The molecule has 0 bridgehead atoms. The fourth-order valence-corrected chi connectivity index (χ4v) is 2.26. The highest BCUT2D eigenvalue weighted by molar-refractivity contribution is 5.80. The molecule has 3 aromatic rings. The van der Waals surface area contributed by atoms with E-state index in [9.17, 15) is 0 Å². The van der Waals surface area contributed by atoms with Gasteiger partial charge in [0.15, 0.2) is 5.65 Å². The highest BCUT2D eigenvalue weighted by atomic mass is 15.3. The van der Waals surface area contributed by atoms with Crippen LogP contribution in [0.15, 0.2) is 24.3 Å². The molecule has 19 heavy (non-hydrogen) atoms. The summed E-state index contributed by atoms with van der Waals surface area (Å²) in [6.07, 6.45) is 0. The first-order valence-electron chi connectivity index (χ1n) is 5.80. The first-order chi connectivity index (χ1) is 9.11. The van der Waals surface area contributed by atoms with Crippen LogP contribution >= 0.6 is 0 Å². The van der Waals surface area contributed by atoms with Crippen LogP contribution < -0.4 is 5.73 Å². The maximum Gasteiger partial charge on any atom is 0.207 e. The van der Waals surface area contributed by atoms with Crippen LogP contribution in [0, 0.1) is 18.3 Å². The highest BCUT2D eigenvalue weighted by Gasteiger charge is 2.16. The van der Waals surface area contributed by atoms with E-state index in [1.165, 1.54) is 0 Å². The van der Waals surface area contributed by atoms with Gasteiger partial charge in [-0.05, 0) is 25.1 Å². The van der Waals surface area contributed by atoms with Crippen molar-refractivity contribution in [1.29, 1.82) is 5.26 Å². The second-order valence-corrected chi connectivity index (χ2v) is 4.35. The molecule has 0 fully saturated rings. The summed E-state index contributed by atoms with van der Waals surface area (Å²) < 4.78 is 3.54. The van der Waals surface area contributed by atoms with E-state index in [0.29, 0.717) is 11.5 Å². The molecule has 0 spiro atoms. The number of nitrogens with two attached hydrogens (primary N) is 1. The van der Waals surface area contributed by atoms with Gasteiger partial charge in [-0.15, -0.1) is 0 Å². The standard InChI is InChI=1S/C13H12N6/c1-8-11-12(18(2)17-8)19(13(15)16-11)10-5-3-4-9(6-10)7-14/h3-6H,1-2H3,(H2,15,16). The fraction of sp³-hybridized carbons (Fsp3) is 0.154. The summed E-state index contributed by atoms with van der Waals surface area (Å²) in [5.41, 5.74) is 9.81. The lowest BCUT2D eigenvalue weighted by Gasteiger charge is -2.06. The van der Waals surface area contributed by atoms with E-state index in [1.807, 2.05) is 26.1 Å². The Morgan fingerprint density at radius 2 is 2.16 bits per heavy atom. The zero-order valence-electron chi connectivity index (χ0n) is 10.6. The molecule has 0 aliphatic rings. The summed E-state index contributed by atoms with van der Waals surface area (Å²) >= 11 is 0. The molecule has 0 saturated carbocycles. The molecule has 2 N–H and O–H groups in total. The fourth-order valence-electron chi connectivity index (χ4n) is 2.26. The van der Waals surface area contributed by atoms with Gasteiger partial charge in [-0.1, -0.05) is 6.07 Å².